The molecule has 138 valence electrons. The van der Waals surface area contributed by atoms with E-state index < -0.39 is 0 Å². The molecule has 0 saturated carbocycles. The molecule has 3 rings (SSSR count). The Labute approximate surface area is 160 Å². The predicted octanol–water partition coefficient (Wildman–Crippen LogP) is 3.68. The molecule has 5 heteroatoms. The predicted molar refractivity (Wildman–Crippen MR) is 108 cm³/mol. The Kier molecular flexibility index (Phi) is 6.97. The summed E-state index contributed by atoms with van der Waals surface area (Å²) in [5.41, 5.74) is 2.10. The molecule has 26 heavy (non-hydrogen) atoms. The fraction of sp³-hybridized carbons (Fsp3) is 0.429. The molecule has 0 spiro atoms. The van der Waals surface area contributed by atoms with E-state index in [0.29, 0.717) is 6.42 Å². The van der Waals surface area contributed by atoms with Gasteiger partial charge in [-0.15, -0.1) is 11.3 Å². The van der Waals surface area contributed by atoms with Crippen LogP contribution in [0.2, 0.25) is 0 Å². The highest BCUT2D eigenvalue weighted by Gasteiger charge is 2.19. The van der Waals surface area contributed by atoms with Crippen LogP contribution in [0.3, 0.4) is 0 Å². The highest BCUT2D eigenvalue weighted by atomic mass is 32.1. The standard InChI is InChI=1S/C21H27N3OS/c1-17-22-20(16-26-17)14-21(25)23-19-11-5-6-12-24(15-19)13-7-10-18-8-3-2-4-9-18/h2-4,7-10,16,19H,5-6,11-15H2,1H3,(H,23,25)/b10-7+. The zero-order chi connectivity index (χ0) is 18.2. The van der Waals surface area contributed by atoms with Gasteiger partial charge in [0.1, 0.15) is 0 Å². The van der Waals surface area contributed by atoms with Gasteiger partial charge in [0.25, 0.3) is 0 Å². The molecular weight excluding hydrogens is 342 g/mol. The number of thiazole rings is 1. The van der Waals surface area contributed by atoms with Crippen LogP contribution in [0.25, 0.3) is 6.08 Å². The molecule has 1 fully saturated rings. The fourth-order valence-electron chi connectivity index (χ4n) is 3.34. The van der Waals surface area contributed by atoms with Gasteiger partial charge in [-0.05, 0) is 31.9 Å². The molecule has 1 aromatic heterocycles. The molecule has 1 aromatic carbocycles. The Morgan fingerprint density at radius 2 is 2.19 bits per heavy atom. The largest absolute Gasteiger partial charge is 0.352 e. The lowest BCUT2D eigenvalue weighted by Crippen LogP contribution is -2.43. The molecule has 1 saturated heterocycles. The van der Waals surface area contributed by atoms with Crippen LogP contribution >= 0.6 is 11.3 Å². The van der Waals surface area contributed by atoms with Crippen molar-refractivity contribution in [1.29, 1.82) is 0 Å². The van der Waals surface area contributed by atoms with Crippen molar-refractivity contribution in [3.05, 3.63) is 58.1 Å². The number of aromatic nitrogens is 1. The number of amides is 1. The highest BCUT2D eigenvalue weighted by molar-refractivity contribution is 7.09. The fourth-order valence-corrected chi connectivity index (χ4v) is 3.95. The van der Waals surface area contributed by atoms with E-state index in [2.05, 4.69) is 51.6 Å². The summed E-state index contributed by atoms with van der Waals surface area (Å²) in [5, 5.41) is 6.20. The van der Waals surface area contributed by atoms with Crippen molar-refractivity contribution in [3.8, 4) is 0 Å². The third kappa shape index (κ3) is 6.07. The Morgan fingerprint density at radius 3 is 2.96 bits per heavy atom. The van der Waals surface area contributed by atoms with E-state index in [0.717, 1.165) is 36.8 Å². The first-order chi connectivity index (χ1) is 12.7. The SMILES string of the molecule is Cc1nc(CC(=O)NC2CCCCN(C/C=C/c3ccccc3)C2)cs1. The first-order valence-corrected chi connectivity index (χ1v) is 10.2. The van der Waals surface area contributed by atoms with Gasteiger partial charge in [-0.3, -0.25) is 9.69 Å². The third-order valence-electron chi connectivity index (χ3n) is 4.60. The van der Waals surface area contributed by atoms with E-state index in [1.54, 1.807) is 11.3 Å². The summed E-state index contributed by atoms with van der Waals surface area (Å²) in [7, 11) is 0. The summed E-state index contributed by atoms with van der Waals surface area (Å²) < 4.78 is 0. The van der Waals surface area contributed by atoms with Crippen LogP contribution in [0, 0.1) is 6.92 Å². The first-order valence-electron chi connectivity index (χ1n) is 9.33. The van der Waals surface area contributed by atoms with Gasteiger partial charge in [0.15, 0.2) is 0 Å². The molecular formula is C21H27N3OS. The van der Waals surface area contributed by atoms with Crippen molar-refractivity contribution >= 4 is 23.3 Å². The van der Waals surface area contributed by atoms with Crippen LogP contribution < -0.4 is 5.32 Å². The quantitative estimate of drug-likeness (QED) is 0.845. The number of likely N-dealkylation sites (tertiary alicyclic amines) is 1. The number of hydrogen-bond acceptors (Lipinski definition) is 4. The van der Waals surface area contributed by atoms with E-state index in [-0.39, 0.29) is 11.9 Å². The molecule has 1 amide bonds. The lowest BCUT2D eigenvalue weighted by molar-refractivity contribution is -0.121. The van der Waals surface area contributed by atoms with Gasteiger partial charge in [0.05, 0.1) is 17.1 Å². The number of rotatable bonds is 6. The van der Waals surface area contributed by atoms with Crippen LogP contribution in [0.1, 0.15) is 35.5 Å². The Hall–Kier alpha value is -1.98. The Morgan fingerprint density at radius 1 is 1.35 bits per heavy atom. The van der Waals surface area contributed by atoms with Crippen molar-refractivity contribution in [2.75, 3.05) is 19.6 Å². The number of hydrogen-bond donors (Lipinski definition) is 1. The van der Waals surface area contributed by atoms with E-state index in [1.165, 1.54) is 18.4 Å². The van der Waals surface area contributed by atoms with Gasteiger partial charge < -0.3 is 5.32 Å². The van der Waals surface area contributed by atoms with E-state index >= 15 is 0 Å². The van der Waals surface area contributed by atoms with Crippen LogP contribution in [-0.2, 0) is 11.2 Å². The number of aryl methyl sites for hydroxylation is 1. The van der Waals surface area contributed by atoms with Crippen molar-refractivity contribution in [2.45, 2.75) is 38.6 Å². The molecule has 2 aromatic rings. The molecule has 0 radical (unpaired) electrons. The minimum Gasteiger partial charge on any atom is -0.352 e. The minimum absolute atomic E-state index is 0.0852. The summed E-state index contributed by atoms with van der Waals surface area (Å²) in [5.74, 6) is 0.0852. The average molecular weight is 370 g/mol. The second-order valence-electron chi connectivity index (χ2n) is 6.87. The summed E-state index contributed by atoms with van der Waals surface area (Å²) in [4.78, 5) is 19.1. The molecule has 1 aliphatic rings. The van der Waals surface area contributed by atoms with E-state index in [9.17, 15) is 4.79 Å². The van der Waals surface area contributed by atoms with E-state index in [1.807, 2.05) is 18.4 Å². The number of nitrogens with one attached hydrogen (secondary N) is 1. The molecule has 1 atom stereocenters. The van der Waals surface area contributed by atoms with Crippen LogP contribution in [0.4, 0.5) is 0 Å². The number of benzene rings is 1. The lowest BCUT2D eigenvalue weighted by atomic mass is 10.1. The van der Waals surface area contributed by atoms with E-state index in [4.69, 9.17) is 0 Å². The summed E-state index contributed by atoms with van der Waals surface area (Å²) in [6, 6.07) is 10.6. The second-order valence-corrected chi connectivity index (χ2v) is 7.93. The summed E-state index contributed by atoms with van der Waals surface area (Å²) >= 11 is 1.60. The van der Waals surface area contributed by atoms with Gasteiger partial charge in [-0.1, -0.05) is 48.9 Å². The van der Waals surface area contributed by atoms with Crippen LogP contribution in [0.15, 0.2) is 41.8 Å². The third-order valence-corrected chi connectivity index (χ3v) is 5.42. The molecule has 2 heterocycles. The smallest absolute Gasteiger partial charge is 0.226 e. The maximum atomic E-state index is 12.3. The number of nitrogens with zero attached hydrogens (tertiary/aromatic N) is 2. The Balaban J connectivity index is 1.48. The zero-order valence-corrected chi connectivity index (χ0v) is 16.2. The molecule has 0 aliphatic carbocycles. The average Bonchev–Trinajstić information content (AvgIpc) is 2.90. The summed E-state index contributed by atoms with van der Waals surface area (Å²) in [6.07, 6.45) is 8.19. The lowest BCUT2D eigenvalue weighted by Gasteiger charge is -2.23. The van der Waals surface area contributed by atoms with Crippen molar-refractivity contribution in [3.63, 3.8) is 0 Å². The number of carbonyl (C=O) groups is 1. The van der Waals surface area contributed by atoms with Gasteiger partial charge in [0.2, 0.25) is 5.91 Å². The minimum atomic E-state index is 0.0852. The van der Waals surface area contributed by atoms with Crippen LogP contribution in [0.5, 0.6) is 0 Å². The van der Waals surface area contributed by atoms with Crippen molar-refractivity contribution in [1.82, 2.24) is 15.2 Å². The highest BCUT2D eigenvalue weighted by Crippen LogP contribution is 2.13. The molecule has 0 bridgehead atoms. The zero-order valence-electron chi connectivity index (χ0n) is 15.4. The van der Waals surface area contributed by atoms with Crippen molar-refractivity contribution in [2.24, 2.45) is 0 Å². The van der Waals surface area contributed by atoms with Gasteiger partial charge in [0, 0.05) is 24.5 Å². The summed E-state index contributed by atoms with van der Waals surface area (Å²) in [6.45, 7) is 4.91. The number of carbonyl (C=O) groups excluding carboxylic acids is 1. The van der Waals surface area contributed by atoms with Gasteiger partial charge in [-0.2, -0.15) is 0 Å². The molecule has 1 N–H and O–H groups in total. The first kappa shape index (κ1) is 18.8. The Bertz CT molecular complexity index is 726. The monoisotopic (exact) mass is 369 g/mol. The maximum absolute atomic E-state index is 12.3. The van der Waals surface area contributed by atoms with Crippen molar-refractivity contribution < 1.29 is 4.79 Å². The normalized spacial score (nSPS) is 18.7. The maximum Gasteiger partial charge on any atom is 0.226 e. The van der Waals surface area contributed by atoms with Crippen LogP contribution in [-0.4, -0.2) is 41.5 Å². The molecule has 4 nitrogen and oxygen atoms in total. The molecule has 1 unspecified atom stereocenters. The van der Waals surface area contributed by atoms with Gasteiger partial charge in [-0.25, -0.2) is 4.98 Å². The molecule has 1 aliphatic heterocycles. The second kappa shape index (κ2) is 9.64. The topological polar surface area (TPSA) is 45.2 Å². The van der Waals surface area contributed by atoms with Gasteiger partial charge >= 0.3 is 0 Å².